The number of ether oxygens (including phenoxy) is 2. The van der Waals surface area contributed by atoms with Gasteiger partial charge in [0, 0.05) is 16.1 Å². The van der Waals surface area contributed by atoms with E-state index >= 15 is 0 Å². The zero-order valence-electron chi connectivity index (χ0n) is 15.2. The van der Waals surface area contributed by atoms with Gasteiger partial charge in [-0.25, -0.2) is 0 Å². The van der Waals surface area contributed by atoms with E-state index in [-0.39, 0.29) is 40.9 Å². The van der Waals surface area contributed by atoms with Crippen LogP contribution in [-0.4, -0.2) is 23.8 Å². The third-order valence-corrected chi connectivity index (χ3v) is 4.35. The molecule has 1 aromatic carbocycles. The standard InChI is InChI=1S/C20H25ClO4/c1-5-7-12(3)24-19-17(22)15-10-9-14(21)11-16(15)18(23)20(19)25-13(4)8-6-2/h9-13H,5-8H2,1-4H3. The second kappa shape index (κ2) is 8.52. The van der Waals surface area contributed by atoms with E-state index in [2.05, 4.69) is 0 Å². The third-order valence-electron chi connectivity index (χ3n) is 4.12. The van der Waals surface area contributed by atoms with Gasteiger partial charge in [0.1, 0.15) is 0 Å². The Balaban J connectivity index is 2.46. The van der Waals surface area contributed by atoms with Gasteiger partial charge in [-0.1, -0.05) is 38.3 Å². The van der Waals surface area contributed by atoms with Crippen LogP contribution in [0.4, 0.5) is 0 Å². The highest BCUT2D eigenvalue weighted by molar-refractivity contribution is 6.32. The predicted molar refractivity (Wildman–Crippen MR) is 98.0 cm³/mol. The summed E-state index contributed by atoms with van der Waals surface area (Å²) in [5.74, 6) is -0.654. The van der Waals surface area contributed by atoms with Crippen molar-refractivity contribution in [3.63, 3.8) is 0 Å². The minimum Gasteiger partial charge on any atom is -0.483 e. The van der Waals surface area contributed by atoms with Crippen molar-refractivity contribution in [3.8, 4) is 0 Å². The Morgan fingerprint density at radius 3 is 1.84 bits per heavy atom. The van der Waals surface area contributed by atoms with Crippen LogP contribution in [0.25, 0.3) is 0 Å². The first-order valence-electron chi connectivity index (χ1n) is 8.85. The lowest BCUT2D eigenvalue weighted by Crippen LogP contribution is -2.28. The summed E-state index contributed by atoms with van der Waals surface area (Å²) in [4.78, 5) is 25.8. The molecule has 0 radical (unpaired) electrons. The summed E-state index contributed by atoms with van der Waals surface area (Å²) in [7, 11) is 0. The summed E-state index contributed by atoms with van der Waals surface area (Å²) >= 11 is 6.00. The van der Waals surface area contributed by atoms with Gasteiger partial charge in [0.05, 0.1) is 12.2 Å². The Labute approximate surface area is 154 Å². The molecule has 0 spiro atoms. The predicted octanol–water partition coefficient (Wildman–Crippen LogP) is 5.34. The normalized spacial score (nSPS) is 16.5. The average molecular weight is 365 g/mol. The van der Waals surface area contributed by atoms with Crippen LogP contribution in [-0.2, 0) is 9.47 Å². The Hall–Kier alpha value is -1.81. The molecule has 4 nitrogen and oxygen atoms in total. The summed E-state index contributed by atoms with van der Waals surface area (Å²) in [5, 5.41) is 0.407. The van der Waals surface area contributed by atoms with Gasteiger partial charge < -0.3 is 9.47 Å². The van der Waals surface area contributed by atoms with Crippen LogP contribution in [0.3, 0.4) is 0 Å². The number of halogens is 1. The smallest absolute Gasteiger partial charge is 0.232 e. The Morgan fingerprint density at radius 1 is 0.880 bits per heavy atom. The monoisotopic (exact) mass is 364 g/mol. The second-order valence-corrected chi connectivity index (χ2v) is 6.88. The fourth-order valence-corrected chi connectivity index (χ4v) is 3.07. The molecule has 0 heterocycles. The molecule has 0 aliphatic heterocycles. The molecule has 2 rings (SSSR count). The molecule has 2 atom stereocenters. The minimum atomic E-state index is -0.348. The summed E-state index contributed by atoms with van der Waals surface area (Å²) in [6.07, 6.45) is 3.05. The van der Waals surface area contributed by atoms with Gasteiger partial charge in [-0.2, -0.15) is 0 Å². The third kappa shape index (κ3) is 4.43. The number of benzene rings is 1. The molecule has 0 bridgehead atoms. The number of Topliss-reactive ketones (excluding diaryl/α,β-unsaturated/α-hetero) is 2. The Kier molecular flexibility index (Phi) is 6.65. The van der Waals surface area contributed by atoms with E-state index in [1.54, 1.807) is 12.1 Å². The maximum Gasteiger partial charge on any atom is 0.232 e. The first-order valence-corrected chi connectivity index (χ1v) is 9.23. The molecule has 136 valence electrons. The molecular formula is C20H25ClO4. The number of carbonyl (C=O) groups excluding carboxylic acids is 2. The molecule has 2 unspecified atom stereocenters. The van der Waals surface area contributed by atoms with Gasteiger partial charge in [-0.05, 0) is 44.9 Å². The van der Waals surface area contributed by atoms with E-state index in [1.807, 2.05) is 27.7 Å². The van der Waals surface area contributed by atoms with Crippen molar-refractivity contribution >= 4 is 23.2 Å². The molecule has 0 fully saturated rings. The largest absolute Gasteiger partial charge is 0.483 e. The highest BCUT2D eigenvalue weighted by Gasteiger charge is 2.36. The van der Waals surface area contributed by atoms with Crippen molar-refractivity contribution < 1.29 is 19.1 Å². The van der Waals surface area contributed by atoms with Gasteiger partial charge in [0.25, 0.3) is 0 Å². The highest BCUT2D eigenvalue weighted by atomic mass is 35.5. The van der Waals surface area contributed by atoms with E-state index in [0.717, 1.165) is 25.7 Å². The first kappa shape index (κ1) is 19.5. The van der Waals surface area contributed by atoms with E-state index in [9.17, 15) is 9.59 Å². The lowest BCUT2D eigenvalue weighted by atomic mass is 9.92. The Bertz CT molecular complexity index is 693. The van der Waals surface area contributed by atoms with Crippen LogP contribution in [0.5, 0.6) is 0 Å². The quantitative estimate of drug-likeness (QED) is 0.624. The SMILES string of the molecule is CCCC(C)OC1=C(OC(C)CCC)C(=O)c2cc(Cl)ccc2C1=O. The van der Waals surface area contributed by atoms with Crippen LogP contribution < -0.4 is 0 Å². The number of ketones is 2. The summed E-state index contributed by atoms with van der Waals surface area (Å²) < 4.78 is 11.7. The molecule has 5 heteroatoms. The van der Waals surface area contributed by atoms with Gasteiger partial charge in [0.15, 0.2) is 0 Å². The van der Waals surface area contributed by atoms with Crippen molar-refractivity contribution in [2.24, 2.45) is 0 Å². The summed E-state index contributed by atoms with van der Waals surface area (Å²) in [6.45, 7) is 7.85. The maximum absolute atomic E-state index is 12.9. The molecule has 1 aliphatic rings. The van der Waals surface area contributed by atoms with Crippen molar-refractivity contribution in [2.75, 3.05) is 0 Å². The molecule has 0 amide bonds. The lowest BCUT2D eigenvalue weighted by molar-refractivity contribution is 0.0507. The molecular weight excluding hydrogens is 340 g/mol. The fraction of sp³-hybridized carbons (Fsp3) is 0.500. The van der Waals surface area contributed by atoms with Crippen molar-refractivity contribution in [3.05, 3.63) is 45.9 Å². The zero-order chi connectivity index (χ0) is 18.6. The summed E-state index contributed by atoms with van der Waals surface area (Å²) in [5.41, 5.74) is 0.579. The first-order chi connectivity index (χ1) is 11.9. The number of fused-ring (bicyclic) bond motifs is 1. The fourth-order valence-electron chi connectivity index (χ4n) is 2.90. The van der Waals surface area contributed by atoms with E-state index in [1.165, 1.54) is 6.07 Å². The molecule has 25 heavy (non-hydrogen) atoms. The van der Waals surface area contributed by atoms with Crippen molar-refractivity contribution in [1.82, 2.24) is 0 Å². The summed E-state index contributed by atoms with van der Waals surface area (Å²) in [6, 6.07) is 4.68. The van der Waals surface area contributed by atoms with Crippen molar-refractivity contribution in [1.29, 1.82) is 0 Å². The number of carbonyl (C=O) groups is 2. The second-order valence-electron chi connectivity index (χ2n) is 6.44. The van der Waals surface area contributed by atoms with Crippen molar-refractivity contribution in [2.45, 2.75) is 65.6 Å². The average Bonchev–Trinajstić information content (AvgIpc) is 2.56. The van der Waals surface area contributed by atoms with Crippen LogP contribution in [0.1, 0.15) is 74.1 Å². The number of hydrogen-bond donors (Lipinski definition) is 0. The Morgan fingerprint density at radius 2 is 1.36 bits per heavy atom. The maximum atomic E-state index is 12.9. The van der Waals surface area contributed by atoms with E-state index < -0.39 is 0 Å². The van der Waals surface area contributed by atoms with Crippen LogP contribution >= 0.6 is 11.6 Å². The highest BCUT2D eigenvalue weighted by Crippen LogP contribution is 2.31. The van der Waals surface area contributed by atoms with Gasteiger partial charge >= 0.3 is 0 Å². The molecule has 1 aromatic rings. The minimum absolute atomic E-state index is 0.00340. The molecule has 0 saturated carbocycles. The van der Waals surface area contributed by atoms with Crippen LogP contribution in [0.15, 0.2) is 29.7 Å². The van der Waals surface area contributed by atoms with Gasteiger partial charge in [0.2, 0.25) is 23.1 Å². The molecule has 0 N–H and O–H groups in total. The zero-order valence-corrected chi connectivity index (χ0v) is 16.0. The molecule has 0 saturated heterocycles. The van der Waals surface area contributed by atoms with Gasteiger partial charge in [-0.15, -0.1) is 0 Å². The lowest BCUT2D eigenvalue weighted by Gasteiger charge is -2.25. The van der Waals surface area contributed by atoms with Crippen LogP contribution in [0, 0.1) is 0 Å². The van der Waals surface area contributed by atoms with Gasteiger partial charge in [-0.3, -0.25) is 9.59 Å². The number of rotatable bonds is 8. The topological polar surface area (TPSA) is 52.6 Å². The number of hydrogen-bond acceptors (Lipinski definition) is 4. The van der Waals surface area contributed by atoms with E-state index in [4.69, 9.17) is 21.1 Å². The number of allylic oxidation sites excluding steroid dienone is 2. The molecule has 1 aliphatic carbocycles. The molecule has 0 aromatic heterocycles. The van der Waals surface area contributed by atoms with Crippen LogP contribution in [0.2, 0.25) is 5.02 Å². The van der Waals surface area contributed by atoms with E-state index in [0.29, 0.717) is 10.6 Å².